The van der Waals surface area contributed by atoms with Crippen molar-refractivity contribution in [1.29, 1.82) is 5.26 Å². The van der Waals surface area contributed by atoms with Crippen molar-refractivity contribution in [3.05, 3.63) is 29.8 Å². The number of para-hydroxylation sites is 1. The van der Waals surface area contributed by atoms with Gasteiger partial charge in [0.05, 0.1) is 12.0 Å². The topological polar surface area (TPSA) is 45.0 Å². The molecule has 1 aromatic carbocycles. The molecule has 0 amide bonds. The average molecular weight is 266 g/mol. The van der Waals surface area contributed by atoms with E-state index < -0.39 is 6.61 Å². The molecule has 2 atom stereocenters. The first-order chi connectivity index (χ1) is 9.20. The monoisotopic (exact) mass is 266 g/mol. The maximum Gasteiger partial charge on any atom is 0.387 e. The highest BCUT2D eigenvalue weighted by molar-refractivity contribution is 5.33. The number of hydrogen-bond donors (Lipinski definition) is 1. The van der Waals surface area contributed by atoms with E-state index in [1.807, 2.05) is 0 Å². The van der Waals surface area contributed by atoms with Crippen molar-refractivity contribution in [3.63, 3.8) is 0 Å². The number of alkyl halides is 2. The summed E-state index contributed by atoms with van der Waals surface area (Å²) >= 11 is 0. The second-order valence-corrected chi connectivity index (χ2v) is 4.64. The Morgan fingerprint density at radius 1 is 1.37 bits per heavy atom. The molecule has 0 bridgehead atoms. The number of nitrogens with zero attached hydrogens (tertiary/aromatic N) is 1. The van der Waals surface area contributed by atoms with Crippen LogP contribution in [-0.4, -0.2) is 12.7 Å². The van der Waals surface area contributed by atoms with Crippen molar-refractivity contribution in [1.82, 2.24) is 5.32 Å². The fourth-order valence-electron chi connectivity index (χ4n) is 2.46. The molecule has 1 aliphatic carbocycles. The first-order valence-corrected chi connectivity index (χ1v) is 6.36. The number of nitriles is 1. The van der Waals surface area contributed by atoms with Gasteiger partial charge in [-0.05, 0) is 18.9 Å². The minimum absolute atomic E-state index is 0.0168. The summed E-state index contributed by atoms with van der Waals surface area (Å²) in [6, 6.07) is 9.15. The molecular weight excluding hydrogens is 250 g/mol. The predicted molar refractivity (Wildman–Crippen MR) is 66.7 cm³/mol. The van der Waals surface area contributed by atoms with Crippen LogP contribution in [0.5, 0.6) is 5.75 Å². The fraction of sp³-hybridized carbons (Fsp3) is 0.500. The molecule has 1 saturated carbocycles. The Hall–Kier alpha value is -1.67. The molecule has 0 heterocycles. The second-order valence-electron chi connectivity index (χ2n) is 4.64. The zero-order valence-corrected chi connectivity index (χ0v) is 10.5. The van der Waals surface area contributed by atoms with E-state index in [0.717, 1.165) is 19.3 Å². The molecule has 0 spiro atoms. The summed E-state index contributed by atoms with van der Waals surface area (Å²) in [6.45, 7) is -2.38. The van der Waals surface area contributed by atoms with Crippen molar-refractivity contribution in [2.24, 2.45) is 5.92 Å². The first-order valence-electron chi connectivity index (χ1n) is 6.36. The zero-order chi connectivity index (χ0) is 13.7. The van der Waals surface area contributed by atoms with E-state index in [0.29, 0.717) is 12.1 Å². The Morgan fingerprint density at radius 3 is 2.89 bits per heavy atom. The molecule has 1 aromatic rings. The van der Waals surface area contributed by atoms with Gasteiger partial charge in [0.25, 0.3) is 0 Å². The van der Waals surface area contributed by atoms with Crippen LogP contribution in [0.15, 0.2) is 24.3 Å². The normalized spacial score (nSPS) is 22.4. The molecule has 5 heteroatoms. The van der Waals surface area contributed by atoms with Crippen LogP contribution in [0.1, 0.15) is 24.8 Å². The minimum Gasteiger partial charge on any atom is -0.434 e. The third-order valence-corrected chi connectivity index (χ3v) is 3.43. The molecule has 2 unspecified atom stereocenters. The smallest absolute Gasteiger partial charge is 0.387 e. The SMILES string of the molecule is N#CC1CCCC1NCc1ccccc1OC(F)F. The summed E-state index contributed by atoms with van der Waals surface area (Å²) in [4.78, 5) is 0. The van der Waals surface area contributed by atoms with Crippen molar-refractivity contribution in [3.8, 4) is 11.8 Å². The van der Waals surface area contributed by atoms with Crippen molar-refractivity contribution < 1.29 is 13.5 Å². The Balaban J connectivity index is 1.97. The van der Waals surface area contributed by atoms with E-state index in [4.69, 9.17) is 5.26 Å². The Kier molecular flexibility index (Phi) is 4.69. The third kappa shape index (κ3) is 3.65. The lowest BCUT2D eigenvalue weighted by Crippen LogP contribution is -2.31. The average Bonchev–Trinajstić information content (AvgIpc) is 2.84. The molecular formula is C14H16F2N2O. The fourth-order valence-corrected chi connectivity index (χ4v) is 2.46. The van der Waals surface area contributed by atoms with Crippen LogP contribution in [0.25, 0.3) is 0 Å². The summed E-state index contributed by atoms with van der Waals surface area (Å²) in [7, 11) is 0. The molecule has 19 heavy (non-hydrogen) atoms. The summed E-state index contributed by atoms with van der Waals surface area (Å²) in [5, 5.41) is 12.3. The van der Waals surface area contributed by atoms with Crippen LogP contribution >= 0.6 is 0 Å². The van der Waals surface area contributed by atoms with Gasteiger partial charge in [-0.3, -0.25) is 0 Å². The maximum absolute atomic E-state index is 12.3. The van der Waals surface area contributed by atoms with Crippen LogP contribution in [0.2, 0.25) is 0 Å². The zero-order valence-electron chi connectivity index (χ0n) is 10.5. The van der Waals surface area contributed by atoms with Gasteiger partial charge in [0.2, 0.25) is 0 Å². The highest BCUT2D eigenvalue weighted by Crippen LogP contribution is 2.26. The van der Waals surface area contributed by atoms with Crippen molar-refractivity contribution in [2.75, 3.05) is 0 Å². The molecule has 0 saturated heterocycles. The number of hydrogen-bond acceptors (Lipinski definition) is 3. The van der Waals surface area contributed by atoms with Gasteiger partial charge in [-0.15, -0.1) is 0 Å². The second kappa shape index (κ2) is 6.48. The molecule has 1 N–H and O–H groups in total. The van der Waals surface area contributed by atoms with Gasteiger partial charge >= 0.3 is 6.61 Å². The van der Waals surface area contributed by atoms with Gasteiger partial charge in [0, 0.05) is 18.2 Å². The van der Waals surface area contributed by atoms with E-state index in [1.54, 1.807) is 18.2 Å². The molecule has 1 fully saturated rings. The van der Waals surface area contributed by atoms with Gasteiger partial charge in [-0.2, -0.15) is 14.0 Å². The van der Waals surface area contributed by atoms with Crippen molar-refractivity contribution in [2.45, 2.75) is 38.5 Å². The van der Waals surface area contributed by atoms with E-state index in [2.05, 4.69) is 16.1 Å². The Bertz CT molecular complexity index is 459. The lowest BCUT2D eigenvalue weighted by Gasteiger charge is -2.17. The summed E-state index contributed by atoms with van der Waals surface area (Å²) < 4.78 is 29.0. The van der Waals surface area contributed by atoms with Crippen LogP contribution in [-0.2, 0) is 6.54 Å². The van der Waals surface area contributed by atoms with E-state index >= 15 is 0 Å². The largest absolute Gasteiger partial charge is 0.434 e. The molecule has 0 aliphatic heterocycles. The highest BCUT2D eigenvalue weighted by atomic mass is 19.3. The van der Waals surface area contributed by atoms with Crippen LogP contribution < -0.4 is 10.1 Å². The quantitative estimate of drug-likeness (QED) is 0.890. The Labute approximate surface area is 111 Å². The molecule has 0 radical (unpaired) electrons. The summed E-state index contributed by atoms with van der Waals surface area (Å²) in [5.41, 5.74) is 0.686. The van der Waals surface area contributed by atoms with E-state index in [1.165, 1.54) is 6.07 Å². The maximum atomic E-state index is 12.3. The Morgan fingerprint density at radius 2 is 2.16 bits per heavy atom. The third-order valence-electron chi connectivity index (χ3n) is 3.43. The molecule has 2 rings (SSSR count). The van der Waals surface area contributed by atoms with Crippen molar-refractivity contribution >= 4 is 0 Å². The van der Waals surface area contributed by atoms with Crippen LogP contribution in [0, 0.1) is 17.2 Å². The van der Waals surface area contributed by atoms with Gasteiger partial charge < -0.3 is 10.1 Å². The lowest BCUT2D eigenvalue weighted by atomic mass is 10.1. The van der Waals surface area contributed by atoms with Gasteiger partial charge in [0.1, 0.15) is 5.75 Å². The standard InChI is InChI=1S/C14H16F2N2O/c15-14(16)19-13-7-2-1-4-11(13)9-18-12-6-3-5-10(12)8-17/h1-2,4,7,10,12,14,18H,3,5-6,9H2. The van der Waals surface area contributed by atoms with Crippen LogP contribution in [0.4, 0.5) is 8.78 Å². The number of nitrogens with one attached hydrogen (secondary N) is 1. The number of benzene rings is 1. The number of rotatable bonds is 5. The first kappa shape index (κ1) is 13.8. The number of halogens is 2. The van der Waals surface area contributed by atoms with Gasteiger partial charge in [-0.1, -0.05) is 24.6 Å². The van der Waals surface area contributed by atoms with E-state index in [-0.39, 0.29) is 17.7 Å². The molecule has 3 nitrogen and oxygen atoms in total. The predicted octanol–water partition coefficient (Wildman–Crippen LogP) is 3.07. The lowest BCUT2D eigenvalue weighted by molar-refractivity contribution is -0.0505. The number of ether oxygens (including phenoxy) is 1. The summed E-state index contributed by atoms with van der Waals surface area (Å²) in [6.07, 6.45) is 2.89. The molecule has 0 aromatic heterocycles. The van der Waals surface area contributed by atoms with Gasteiger partial charge in [0.15, 0.2) is 0 Å². The molecule has 1 aliphatic rings. The summed E-state index contributed by atoms with van der Waals surface area (Å²) in [5.74, 6) is 0.208. The molecule has 102 valence electrons. The van der Waals surface area contributed by atoms with Gasteiger partial charge in [-0.25, -0.2) is 0 Å². The van der Waals surface area contributed by atoms with E-state index in [9.17, 15) is 8.78 Å². The minimum atomic E-state index is -2.82. The van der Waals surface area contributed by atoms with Crippen LogP contribution in [0.3, 0.4) is 0 Å². The highest BCUT2D eigenvalue weighted by Gasteiger charge is 2.26.